The fraction of sp³-hybridized carbons (Fsp3) is 0.111. The Morgan fingerprint density at radius 3 is 2.60 bits per heavy atom. The minimum absolute atomic E-state index is 0.440. The SMILES string of the molecule is COc1ccc(Nc2nccc(Nc3cccc(Cl)c3)n2)c(OC)c1. The first-order valence-electron chi connectivity index (χ1n) is 7.52. The third-order valence-electron chi connectivity index (χ3n) is 3.41. The van der Waals surface area contributed by atoms with E-state index in [9.17, 15) is 0 Å². The van der Waals surface area contributed by atoms with E-state index in [1.165, 1.54) is 0 Å². The van der Waals surface area contributed by atoms with Crippen LogP contribution in [0.2, 0.25) is 5.02 Å². The molecule has 0 unspecified atom stereocenters. The monoisotopic (exact) mass is 356 g/mol. The minimum Gasteiger partial charge on any atom is -0.497 e. The molecule has 128 valence electrons. The van der Waals surface area contributed by atoms with Crippen molar-refractivity contribution in [1.29, 1.82) is 0 Å². The highest BCUT2D eigenvalue weighted by molar-refractivity contribution is 6.30. The number of methoxy groups -OCH3 is 2. The lowest BCUT2D eigenvalue weighted by Crippen LogP contribution is -2.01. The van der Waals surface area contributed by atoms with Gasteiger partial charge in [-0.15, -0.1) is 0 Å². The average Bonchev–Trinajstić information content (AvgIpc) is 2.62. The van der Waals surface area contributed by atoms with Crippen LogP contribution >= 0.6 is 11.6 Å². The number of aromatic nitrogens is 2. The first kappa shape index (κ1) is 16.9. The Kier molecular flexibility index (Phi) is 5.20. The number of halogens is 1. The van der Waals surface area contributed by atoms with Crippen molar-refractivity contribution in [1.82, 2.24) is 9.97 Å². The second-order valence-corrected chi connectivity index (χ2v) is 5.53. The molecule has 2 aromatic carbocycles. The number of nitrogens with zero attached hydrogens (tertiary/aromatic N) is 2. The molecule has 0 spiro atoms. The van der Waals surface area contributed by atoms with E-state index in [0.29, 0.717) is 28.3 Å². The molecule has 3 rings (SSSR count). The topological polar surface area (TPSA) is 68.3 Å². The number of nitrogens with one attached hydrogen (secondary N) is 2. The van der Waals surface area contributed by atoms with Crippen LogP contribution in [0.4, 0.5) is 23.1 Å². The highest BCUT2D eigenvalue weighted by Crippen LogP contribution is 2.30. The van der Waals surface area contributed by atoms with Gasteiger partial charge in [0.15, 0.2) is 0 Å². The summed E-state index contributed by atoms with van der Waals surface area (Å²) in [6, 6.07) is 14.7. The van der Waals surface area contributed by atoms with Gasteiger partial charge in [0.25, 0.3) is 0 Å². The zero-order valence-corrected chi connectivity index (χ0v) is 14.5. The number of benzene rings is 2. The molecular formula is C18H17ClN4O2. The van der Waals surface area contributed by atoms with Crippen molar-refractivity contribution < 1.29 is 9.47 Å². The van der Waals surface area contributed by atoms with Gasteiger partial charge >= 0.3 is 0 Å². The number of hydrogen-bond donors (Lipinski definition) is 2. The molecule has 0 saturated heterocycles. The minimum atomic E-state index is 0.440. The largest absolute Gasteiger partial charge is 0.497 e. The van der Waals surface area contributed by atoms with Crippen LogP contribution in [0.3, 0.4) is 0 Å². The third kappa shape index (κ3) is 4.30. The van der Waals surface area contributed by atoms with Crippen LogP contribution in [0.5, 0.6) is 11.5 Å². The van der Waals surface area contributed by atoms with Crippen molar-refractivity contribution in [2.45, 2.75) is 0 Å². The normalized spacial score (nSPS) is 10.2. The maximum Gasteiger partial charge on any atom is 0.229 e. The van der Waals surface area contributed by atoms with E-state index in [-0.39, 0.29) is 0 Å². The van der Waals surface area contributed by atoms with Crippen LogP contribution in [0.25, 0.3) is 0 Å². The van der Waals surface area contributed by atoms with Gasteiger partial charge in [-0.2, -0.15) is 4.98 Å². The van der Waals surface area contributed by atoms with E-state index in [4.69, 9.17) is 21.1 Å². The Hall–Kier alpha value is -2.99. The van der Waals surface area contributed by atoms with Crippen molar-refractivity contribution in [3.05, 3.63) is 59.8 Å². The van der Waals surface area contributed by atoms with Gasteiger partial charge in [-0.1, -0.05) is 17.7 Å². The highest BCUT2D eigenvalue weighted by Gasteiger charge is 2.07. The number of ether oxygens (including phenoxy) is 2. The van der Waals surface area contributed by atoms with Crippen molar-refractivity contribution >= 4 is 34.7 Å². The lowest BCUT2D eigenvalue weighted by atomic mass is 10.2. The summed E-state index contributed by atoms with van der Waals surface area (Å²) < 4.78 is 10.6. The van der Waals surface area contributed by atoms with Gasteiger partial charge in [-0.05, 0) is 36.4 Å². The van der Waals surface area contributed by atoms with E-state index >= 15 is 0 Å². The fourth-order valence-corrected chi connectivity index (χ4v) is 2.42. The molecule has 3 aromatic rings. The molecule has 0 aliphatic heterocycles. The third-order valence-corrected chi connectivity index (χ3v) is 3.64. The molecule has 0 aliphatic rings. The second-order valence-electron chi connectivity index (χ2n) is 5.09. The summed E-state index contributed by atoms with van der Waals surface area (Å²) in [6.07, 6.45) is 1.66. The van der Waals surface area contributed by atoms with E-state index in [1.807, 2.05) is 36.4 Å². The molecule has 2 N–H and O–H groups in total. The quantitative estimate of drug-likeness (QED) is 0.671. The molecule has 0 fully saturated rings. The Bertz CT molecular complexity index is 873. The zero-order chi connectivity index (χ0) is 17.6. The van der Waals surface area contributed by atoms with Crippen LogP contribution in [-0.2, 0) is 0 Å². The average molecular weight is 357 g/mol. The van der Waals surface area contributed by atoms with E-state index in [2.05, 4.69) is 20.6 Å². The molecule has 1 heterocycles. The van der Waals surface area contributed by atoms with Gasteiger partial charge in [0, 0.05) is 23.0 Å². The van der Waals surface area contributed by atoms with Gasteiger partial charge in [0.05, 0.1) is 19.9 Å². The smallest absolute Gasteiger partial charge is 0.229 e. The van der Waals surface area contributed by atoms with Crippen LogP contribution in [-0.4, -0.2) is 24.2 Å². The predicted octanol–water partition coefficient (Wildman–Crippen LogP) is 4.63. The highest BCUT2D eigenvalue weighted by atomic mass is 35.5. The molecule has 0 saturated carbocycles. The van der Waals surface area contributed by atoms with Crippen LogP contribution in [0, 0.1) is 0 Å². The summed E-state index contributed by atoms with van der Waals surface area (Å²) in [7, 11) is 3.20. The van der Waals surface area contributed by atoms with Crippen molar-refractivity contribution in [3.8, 4) is 11.5 Å². The molecule has 0 amide bonds. The zero-order valence-electron chi connectivity index (χ0n) is 13.8. The first-order valence-corrected chi connectivity index (χ1v) is 7.90. The van der Waals surface area contributed by atoms with Crippen molar-refractivity contribution in [2.24, 2.45) is 0 Å². The molecular weight excluding hydrogens is 340 g/mol. The standard InChI is InChI=1S/C18H17ClN4O2/c1-24-14-6-7-15(16(11-14)25-2)22-18-20-9-8-17(23-18)21-13-5-3-4-12(19)10-13/h3-11H,1-2H3,(H2,20,21,22,23). The molecule has 25 heavy (non-hydrogen) atoms. The van der Waals surface area contributed by atoms with E-state index < -0.39 is 0 Å². The number of hydrogen-bond acceptors (Lipinski definition) is 6. The fourth-order valence-electron chi connectivity index (χ4n) is 2.22. The van der Waals surface area contributed by atoms with Gasteiger partial charge in [-0.3, -0.25) is 0 Å². The van der Waals surface area contributed by atoms with Gasteiger partial charge in [0.1, 0.15) is 17.3 Å². The van der Waals surface area contributed by atoms with Gasteiger partial charge < -0.3 is 20.1 Å². The lowest BCUT2D eigenvalue weighted by Gasteiger charge is -2.12. The second kappa shape index (κ2) is 7.72. The molecule has 7 heteroatoms. The molecule has 6 nitrogen and oxygen atoms in total. The summed E-state index contributed by atoms with van der Waals surface area (Å²) in [5, 5.41) is 6.99. The Balaban J connectivity index is 1.80. The van der Waals surface area contributed by atoms with E-state index in [1.54, 1.807) is 32.5 Å². The Morgan fingerprint density at radius 2 is 1.84 bits per heavy atom. The summed E-state index contributed by atoms with van der Waals surface area (Å²) >= 11 is 6.00. The molecule has 0 radical (unpaired) electrons. The number of anilines is 4. The first-order chi connectivity index (χ1) is 12.2. The molecule has 0 bridgehead atoms. The van der Waals surface area contributed by atoms with Crippen molar-refractivity contribution in [3.63, 3.8) is 0 Å². The molecule has 1 aromatic heterocycles. The van der Waals surface area contributed by atoms with Crippen molar-refractivity contribution in [2.75, 3.05) is 24.9 Å². The van der Waals surface area contributed by atoms with Gasteiger partial charge in [0.2, 0.25) is 5.95 Å². The van der Waals surface area contributed by atoms with Crippen LogP contribution in [0.1, 0.15) is 0 Å². The van der Waals surface area contributed by atoms with E-state index in [0.717, 1.165) is 11.4 Å². The van der Waals surface area contributed by atoms with Gasteiger partial charge in [-0.25, -0.2) is 4.98 Å². The number of rotatable bonds is 6. The summed E-state index contributed by atoms with van der Waals surface area (Å²) in [5.74, 6) is 2.43. The molecule has 0 atom stereocenters. The van der Waals surface area contributed by atoms with Crippen LogP contribution in [0.15, 0.2) is 54.7 Å². The lowest BCUT2D eigenvalue weighted by molar-refractivity contribution is 0.395. The molecule has 0 aliphatic carbocycles. The maximum absolute atomic E-state index is 6.00. The maximum atomic E-state index is 6.00. The Morgan fingerprint density at radius 1 is 0.960 bits per heavy atom. The summed E-state index contributed by atoms with van der Waals surface area (Å²) in [5.41, 5.74) is 1.59. The van der Waals surface area contributed by atoms with Crippen LogP contribution < -0.4 is 20.1 Å². The summed E-state index contributed by atoms with van der Waals surface area (Å²) in [6.45, 7) is 0. The predicted molar refractivity (Wildman–Crippen MR) is 99.6 cm³/mol. The Labute approximate surface area is 150 Å². The summed E-state index contributed by atoms with van der Waals surface area (Å²) in [4.78, 5) is 8.68.